The minimum absolute atomic E-state index is 0.0374. The third-order valence-electron chi connectivity index (χ3n) is 5.25. The number of amides is 1. The molecule has 1 atom stereocenters. The molecule has 0 fully saturated rings. The zero-order chi connectivity index (χ0) is 25.8. The summed E-state index contributed by atoms with van der Waals surface area (Å²) in [5.74, 6) is -4.04. The quantitative estimate of drug-likeness (QED) is 0.310. The Bertz CT molecular complexity index is 1410. The zero-order valence-corrected chi connectivity index (χ0v) is 20.4. The lowest BCUT2D eigenvalue weighted by molar-refractivity contribution is 0.0951. The van der Waals surface area contributed by atoms with Crippen LogP contribution in [0.1, 0.15) is 32.7 Å². The van der Waals surface area contributed by atoms with Crippen LogP contribution in [-0.4, -0.2) is 23.4 Å². The predicted molar refractivity (Wildman–Crippen MR) is 131 cm³/mol. The Morgan fingerprint density at radius 2 is 1.75 bits per heavy atom. The largest absolute Gasteiger partial charge is 0.348 e. The molecule has 0 saturated carbocycles. The van der Waals surface area contributed by atoms with E-state index in [2.05, 4.69) is 14.1 Å². The Morgan fingerprint density at radius 3 is 2.42 bits per heavy atom. The van der Waals surface area contributed by atoms with Crippen molar-refractivity contribution in [2.24, 2.45) is 0 Å². The van der Waals surface area contributed by atoms with Gasteiger partial charge < -0.3 is 5.32 Å². The molecule has 36 heavy (non-hydrogen) atoms. The zero-order valence-electron chi connectivity index (χ0n) is 18.7. The number of carbonyl (C=O) groups excluding carboxylic acids is 1. The maximum absolute atomic E-state index is 14.0. The summed E-state index contributed by atoms with van der Waals surface area (Å²) in [4.78, 5) is 13.0. The van der Waals surface area contributed by atoms with Crippen LogP contribution in [0.2, 0.25) is 0 Å². The van der Waals surface area contributed by atoms with Crippen LogP contribution in [-0.2, 0) is 24.2 Å². The first-order valence-electron chi connectivity index (χ1n) is 10.5. The molecule has 0 aliphatic heterocycles. The van der Waals surface area contributed by atoms with Crippen molar-refractivity contribution in [2.75, 3.05) is 4.31 Å². The van der Waals surface area contributed by atoms with Crippen LogP contribution in [0.25, 0.3) is 0 Å². The lowest BCUT2D eigenvalue weighted by Gasteiger charge is -2.22. The Labute approximate surface area is 211 Å². The van der Waals surface area contributed by atoms with Gasteiger partial charge in [-0.15, -0.1) is 0 Å². The first kappa shape index (κ1) is 25.5. The van der Waals surface area contributed by atoms with Gasteiger partial charge in [-0.3, -0.25) is 9.35 Å². The van der Waals surface area contributed by atoms with Gasteiger partial charge in [0.05, 0.1) is 23.0 Å². The molecule has 3 aromatic carbocycles. The van der Waals surface area contributed by atoms with Crippen molar-refractivity contribution in [3.63, 3.8) is 0 Å². The summed E-state index contributed by atoms with van der Waals surface area (Å²) < 4.78 is 73.4. The van der Waals surface area contributed by atoms with Crippen LogP contribution in [0.5, 0.6) is 0 Å². The topological polar surface area (TPSA) is 95.4 Å². The fourth-order valence-corrected chi connectivity index (χ4v) is 4.75. The number of hydrogen-bond acceptors (Lipinski definition) is 5. The van der Waals surface area contributed by atoms with Gasteiger partial charge in [-0.2, -0.15) is 8.75 Å². The number of carbonyl (C=O) groups is 1. The van der Waals surface area contributed by atoms with E-state index in [0.717, 1.165) is 21.6 Å². The molecule has 0 saturated heterocycles. The van der Waals surface area contributed by atoms with Crippen LogP contribution < -0.4 is 9.62 Å². The van der Waals surface area contributed by atoms with Crippen LogP contribution in [0, 0.1) is 24.4 Å². The van der Waals surface area contributed by atoms with E-state index in [1.165, 1.54) is 12.1 Å². The Kier molecular flexibility index (Phi) is 7.77. The minimum Gasteiger partial charge on any atom is -0.348 e. The highest BCUT2D eigenvalue weighted by Crippen LogP contribution is 2.33. The second kappa shape index (κ2) is 11.0. The molecular weight excluding hydrogens is 513 g/mol. The van der Waals surface area contributed by atoms with Crippen molar-refractivity contribution in [3.05, 3.63) is 106 Å². The van der Waals surface area contributed by atoms with E-state index in [4.69, 9.17) is 0 Å². The Hall–Kier alpha value is -3.61. The molecule has 4 rings (SSSR count). The lowest BCUT2D eigenvalue weighted by Crippen LogP contribution is -2.28. The van der Waals surface area contributed by atoms with E-state index in [9.17, 15) is 26.7 Å². The van der Waals surface area contributed by atoms with Crippen molar-refractivity contribution < 1.29 is 26.7 Å². The second-order valence-corrected chi connectivity index (χ2v) is 9.13. The molecule has 12 heteroatoms. The molecule has 0 aliphatic rings. The van der Waals surface area contributed by atoms with E-state index < -0.39 is 46.7 Å². The molecule has 1 amide bonds. The standard InChI is InChI=1S/C24H19F3N4O3S2/c1-14-7-8-17(24(32)28-13-18-19(26)11-16(25)12-20(18)27)22(9-14)31(36(33)34)23-21(29-35-30-23)10-15-5-3-2-4-6-15/h2-9,11-12H,10,13H2,1H3,(H,28,32)(H,33,34). The van der Waals surface area contributed by atoms with Gasteiger partial charge in [-0.05, 0) is 30.2 Å². The smallest absolute Gasteiger partial charge is 0.268 e. The maximum atomic E-state index is 14.0. The van der Waals surface area contributed by atoms with Gasteiger partial charge in [0.1, 0.15) is 23.1 Å². The Balaban J connectivity index is 1.68. The summed E-state index contributed by atoms with van der Waals surface area (Å²) in [7, 11) is 0. The number of benzene rings is 3. The van der Waals surface area contributed by atoms with Crippen molar-refractivity contribution in [2.45, 2.75) is 19.9 Å². The molecule has 186 valence electrons. The fraction of sp³-hybridized carbons (Fsp3) is 0.125. The second-order valence-electron chi connectivity index (χ2n) is 7.77. The van der Waals surface area contributed by atoms with Crippen LogP contribution >= 0.6 is 11.7 Å². The minimum atomic E-state index is -2.64. The molecule has 1 unspecified atom stereocenters. The predicted octanol–water partition coefficient (Wildman–Crippen LogP) is 5.06. The molecule has 7 nitrogen and oxygen atoms in total. The van der Waals surface area contributed by atoms with Crippen molar-refractivity contribution in [1.82, 2.24) is 14.1 Å². The number of aryl methyl sites for hydroxylation is 1. The molecule has 0 spiro atoms. The molecule has 0 radical (unpaired) electrons. The highest BCUT2D eigenvalue weighted by molar-refractivity contribution is 7.81. The lowest BCUT2D eigenvalue weighted by atomic mass is 10.1. The molecule has 0 bridgehead atoms. The monoisotopic (exact) mass is 532 g/mol. The van der Waals surface area contributed by atoms with E-state index >= 15 is 0 Å². The number of nitrogens with one attached hydrogen (secondary N) is 1. The van der Waals surface area contributed by atoms with Gasteiger partial charge >= 0.3 is 0 Å². The average molecular weight is 533 g/mol. The SMILES string of the molecule is Cc1ccc(C(=O)NCc2c(F)cc(F)cc2F)c(N(c2nsnc2Cc2ccccc2)S(=O)O)c1. The van der Waals surface area contributed by atoms with Crippen molar-refractivity contribution >= 4 is 40.4 Å². The van der Waals surface area contributed by atoms with E-state index in [-0.39, 0.29) is 17.1 Å². The van der Waals surface area contributed by atoms with Gasteiger partial charge in [0.2, 0.25) is 0 Å². The molecule has 4 aromatic rings. The number of halogens is 3. The van der Waals surface area contributed by atoms with E-state index in [0.29, 0.717) is 29.8 Å². The number of anilines is 2. The number of nitrogens with zero attached hydrogens (tertiary/aromatic N) is 3. The molecular formula is C24H19F3N4O3S2. The van der Waals surface area contributed by atoms with Gasteiger partial charge in [0.15, 0.2) is 5.82 Å². The van der Waals surface area contributed by atoms with Crippen LogP contribution in [0.4, 0.5) is 24.7 Å². The third-order valence-corrected chi connectivity index (χ3v) is 6.49. The molecule has 1 aromatic heterocycles. The van der Waals surface area contributed by atoms with Crippen LogP contribution in [0.15, 0.2) is 60.7 Å². The van der Waals surface area contributed by atoms with Gasteiger partial charge in [-0.25, -0.2) is 21.7 Å². The molecule has 0 aliphatic carbocycles. The summed E-state index contributed by atoms with van der Waals surface area (Å²) in [6.07, 6.45) is 0.330. The summed E-state index contributed by atoms with van der Waals surface area (Å²) in [5, 5.41) is 2.39. The summed E-state index contributed by atoms with van der Waals surface area (Å²) in [5.41, 5.74) is 1.51. The maximum Gasteiger partial charge on any atom is 0.268 e. The van der Waals surface area contributed by atoms with E-state index in [1.807, 2.05) is 30.3 Å². The molecule has 1 heterocycles. The number of rotatable bonds is 8. The summed E-state index contributed by atoms with van der Waals surface area (Å²) in [6.45, 7) is 1.17. The van der Waals surface area contributed by atoms with Gasteiger partial charge in [0.25, 0.3) is 17.2 Å². The third kappa shape index (κ3) is 5.61. The summed E-state index contributed by atoms with van der Waals surface area (Å²) >= 11 is -1.79. The fourth-order valence-electron chi connectivity index (χ4n) is 3.54. The summed E-state index contributed by atoms with van der Waals surface area (Å²) in [6, 6.07) is 14.9. The van der Waals surface area contributed by atoms with E-state index in [1.54, 1.807) is 13.0 Å². The highest BCUT2D eigenvalue weighted by Gasteiger charge is 2.27. The first-order valence-corrected chi connectivity index (χ1v) is 12.3. The Morgan fingerprint density at radius 1 is 1.06 bits per heavy atom. The first-order chi connectivity index (χ1) is 17.2. The van der Waals surface area contributed by atoms with Gasteiger partial charge in [0, 0.05) is 30.7 Å². The van der Waals surface area contributed by atoms with Crippen molar-refractivity contribution in [3.8, 4) is 0 Å². The number of aromatic nitrogens is 2. The van der Waals surface area contributed by atoms with Crippen molar-refractivity contribution in [1.29, 1.82) is 0 Å². The normalized spacial score (nSPS) is 11.8. The average Bonchev–Trinajstić information content (AvgIpc) is 3.26. The highest BCUT2D eigenvalue weighted by atomic mass is 32.2. The van der Waals surface area contributed by atoms with Gasteiger partial charge in [-0.1, -0.05) is 36.4 Å². The number of hydrogen-bond donors (Lipinski definition) is 2. The molecule has 2 N–H and O–H groups in total. The van der Waals surface area contributed by atoms with Crippen LogP contribution in [0.3, 0.4) is 0 Å².